The number of ether oxygens (including phenoxy) is 1. The van der Waals surface area contributed by atoms with Crippen molar-refractivity contribution in [3.05, 3.63) is 29.3 Å². The van der Waals surface area contributed by atoms with Crippen LogP contribution in [0.1, 0.15) is 31.4 Å². The van der Waals surface area contributed by atoms with Gasteiger partial charge in [0.15, 0.2) is 6.61 Å². The topological polar surface area (TPSA) is 99.0 Å². The van der Waals surface area contributed by atoms with E-state index < -0.39 is 5.97 Å². The van der Waals surface area contributed by atoms with Gasteiger partial charge in [0.2, 0.25) is 5.16 Å². The van der Waals surface area contributed by atoms with Crippen molar-refractivity contribution in [1.29, 1.82) is 0 Å². The molecule has 0 saturated heterocycles. The van der Waals surface area contributed by atoms with Gasteiger partial charge in [-0.05, 0) is 53.8 Å². The second-order valence-electron chi connectivity index (χ2n) is 6.65. The number of rotatable bonds is 9. The molecule has 27 heavy (non-hydrogen) atoms. The van der Waals surface area contributed by atoms with E-state index in [-0.39, 0.29) is 18.3 Å². The lowest BCUT2D eigenvalue weighted by atomic mass is 10.1. The summed E-state index contributed by atoms with van der Waals surface area (Å²) >= 11 is 1.17. The van der Waals surface area contributed by atoms with E-state index in [4.69, 9.17) is 4.74 Å². The fraction of sp³-hybridized carbons (Fsp3) is 0.500. The third-order valence-electron chi connectivity index (χ3n) is 3.76. The molecule has 0 spiro atoms. The number of benzene rings is 1. The number of amides is 1. The molecule has 2 aromatic rings. The molecule has 0 aliphatic carbocycles. The first kappa shape index (κ1) is 20.9. The van der Waals surface area contributed by atoms with Gasteiger partial charge in [-0.2, -0.15) is 4.68 Å². The highest BCUT2D eigenvalue weighted by Crippen LogP contribution is 2.21. The summed E-state index contributed by atoms with van der Waals surface area (Å²) in [5, 5.41) is 14.9. The van der Waals surface area contributed by atoms with Gasteiger partial charge < -0.3 is 10.1 Å². The summed E-state index contributed by atoms with van der Waals surface area (Å²) in [6, 6.07) is 5.99. The van der Waals surface area contributed by atoms with Crippen LogP contribution in [0, 0.1) is 19.8 Å². The molecule has 146 valence electrons. The maximum absolute atomic E-state index is 11.9. The van der Waals surface area contributed by atoms with Crippen LogP contribution in [-0.4, -0.2) is 51.0 Å². The molecule has 0 aliphatic heterocycles. The van der Waals surface area contributed by atoms with Crippen LogP contribution in [0.4, 0.5) is 0 Å². The van der Waals surface area contributed by atoms with Gasteiger partial charge in [0.1, 0.15) is 0 Å². The Morgan fingerprint density at radius 2 is 2.07 bits per heavy atom. The van der Waals surface area contributed by atoms with Crippen molar-refractivity contribution in [2.24, 2.45) is 5.92 Å². The normalized spacial score (nSPS) is 10.9. The van der Waals surface area contributed by atoms with Crippen LogP contribution >= 0.6 is 11.8 Å². The van der Waals surface area contributed by atoms with Gasteiger partial charge >= 0.3 is 5.97 Å². The van der Waals surface area contributed by atoms with Crippen molar-refractivity contribution in [3.8, 4) is 5.69 Å². The summed E-state index contributed by atoms with van der Waals surface area (Å²) in [7, 11) is 0. The van der Waals surface area contributed by atoms with Gasteiger partial charge in [-0.1, -0.05) is 37.7 Å². The summed E-state index contributed by atoms with van der Waals surface area (Å²) in [6.07, 6.45) is 0.885. The van der Waals surface area contributed by atoms with E-state index in [0.29, 0.717) is 17.6 Å². The van der Waals surface area contributed by atoms with Gasteiger partial charge in [-0.25, -0.2) is 0 Å². The smallest absolute Gasteiger partial charge is 0.316 e. The molecule has 1 N–H and O–H groups in total. The third kappa shape index (κ3) is 6.67. The number of nitrogens with zero attached hydrogens (tertiary/aromatic N) is 4. The lowest BCUT2D eigenvalue weighted by molar-refractivity contribution is -0.145. The number of tetrazole rings is 1. The molecule has 0 fully saturated rings. The highest BCUT2D eigenvalue weighted by atomic mass is 32.2. The zero-order valence-electron chi connectivity index (χ0n) is 16.1. The fourth-order valence-corrected chi connectivity index (χ4v) is 2.91. The Labute approximate surface area is 163 Å². The molecule has 0 unspecified atom stereocenters. The van der Waals surface area contributed by atoms with Crippen molar-refractivity contribution in [1.82, 2.24) is 25.5 Å². The predicted molar refractivity (Wildman–Crippen MR) is 103 cm³/mol. The molecule has 0 aliphatic rings. The Morgan fingerprint density at radius 3 is 2.81 bits per heavy atom. The summed E-state index contributed by atoms with van der Waals surface area (Å²) in [5.74, 6) is -0.263. The van der Waals surface area contributed by atoms with Crippen LogP contribution in [-0.2, 0) is 14.3 Å². The van der Waals surface area contributed by atoms with Crippen molar-refractivity contribution < 1.29 is 14.3 Å². The maximum atomic E-state index is 11.9. The van der Waals surface area contributed by atoms with Crippen molar-refractivity contribution >= 4 is 23.6 Å². The van der Waals surface area contributed by atoms with E-state index in [2.05, 4.69) is 34.7 Å². The Kier molecular flexibility index (Phi) is 7.78. The fourth-order valence-electron chi connectivity index (χ4n) is 2.23. The lowest BCUT2D eigenvalue weighted by Crippen LogP contribution is -2.30. The number of esters is 1. The molecule has 0 bridgehead atoms. The minimum Gasteiger partial charge on any atom is -0.455 e. The van der Waals surface area contributed by atoms with Gasteiger partial charge in [-0.15, -0.1) is 5.10 Å². The minimum atomic E-state index is -0.491. The van der Waals surface area contributed by atoms with E-state index in [1.807, 2.05) is 32.0 Å². The largest absolute Gasteiger partial charge is 0.455 e. The zero-order chi connectivity index (χ0) is 19.8. The quantitative estimate of drug-likeness (QED) is 0.516. The second kappa shape index (κ2) is 10.1. The molecule has 2 rings (SSSR count). The number of hydrogen-bond donors (Lipinski definition) is 1. The molecule has 0 radical (unpaired) electrons. The van der Waals surface area contributed by atoms with Gasteiger partial charge in [0.05, 0.1) is 11.4 Å². The van der Waals surface area contributed by atoms with Crippen molar-refractivity contribution in [3.63, 3.8) is 0 Å². The molecule has 1 heterocycles. The van der Waals surface area contributed by atoms with E-state index in [1.54, 1.807) is 4.68 Å². The Hall–Kier alpha value is -2.42. The van der Waals surface area contributed by atoms with Crippen molar-refractivity contribution in [2.75, 3.05) is 18.9 Å². The zero-order valence-corrected chi connectivity index (χ0v) is 16.9. The average Bonchev–Trinajstić information content (AvgIpc) is 3.08. The minimum absolute atomic E-state index is 0.0184. The number of hydrogen-bond acceptors (Lipinski definition) is 7. The molecule has 0 saturated carbocycles. The lowest BCUT2D eigenvalue weighted by Gasteiger charge is -2.09. The summed E-state index contributed by atoms with van der Waals surface area (Å²) in [5.41, 5.74) is 2.97. The first-order valence-corrected chi connectivity index (χ1v) is 9.76. The number of aryl methyl sites for hydroxylation is 2. The molecular formula is C18H25N5O3S. The number of aromatic nitrogens is 4. The highest BCUT2D eigenvalue weighted by molar-refractivity contribution is 7.99. The van der Waals surface area contributed by atoms with Crippen LogP contribution < -0.4 is 5.32 Å². The molecule has 1 aromatic heterocycles. The first-order valence-electron chi connectivity index (χ1n) is 8.78. The summed E-state index contributed by atoms with van der Waals surface area (Å²) < 4.78 is 6.59. The molecule has 0 atom stereocenters. The van der Waals surface area contributed by atoms with Crippen LogP contribution in [0.15, 0.2) is 23.4 Å². The molecule has 1 amide bonds. The van der Waals surface area contributed by atoms with E-state index in [9.17, 15) is 9.59 Å². The van der Waals surface area contributed by atoms with Crippen LogP contribution in [0.25, 0.3) is 5.69 Å². The first-order chi connectivity index (χ1) is 12.9. The Bertz CT molecular complexity index is 791. The van der Waals surface area contributed by atoms with Crippen LogP contribution in [0.5, 0.6) is 0 Å². The van der Waals surface area contributed by atoms with Crippen molar-refractivity contribution in [2.45, 2.75) is 39.3 Å². The Morgan fingerprint density at radius 1 is 1.30 bits per heavy atom. The number of carbonyl (C=O) groups is 2. The van der Waals surface area contributed by atoms with Gasteiger partial charge in [0, 0.05) is 6.54 Å². The van der Waals surface area contributed by atoms with Gasteiger partial charge in [-0.3, -0.25) is 9.59 Å². The van der Waals surface area contributed by atoms with E-state index >= 15 is 0 Å². The average molecular weight is 391 g/mol. The molecule has 8 nitrogen and oxygen atoms in total. The van der Waals surface area contributed by atoms with Crippen LogP contribution in [0.3, 0.4) is 0 Å². The molecule has 9 heteroatoms. The monoisotopic (exact) mass is 391 g/mol. The second-order valence-corrected chi connectivity index (χ2v) is 7.59. The third-order valence-corrected chi connectivity index (χ3v) is 4.65. The summed E-state index contributed by atoms with van der Waals surface area (Å²) in [4.78, 5) is 23.5. The van der Waals surface area contributed by atoms with Crippen LogP contribution in [0.2, 0.25) is 0 Å². The maximum Gasteiger partial charge on any atom is 0.316 e. The SMILES string of the molecule is Cc1ccc(C)c(-n2nnnc2SCC(=O)OCC(=O)NCCC(C)C)c1. The molecular weight excluding hydrogens is 366 g/mol. The highest BCUT2D eigenvalue weighted by Gasteiger charge is 2.14. The number of nitrogens with one attached hydrogen (secondary N) is 1. The number of carbonyl (C=O) groups excluding carboxylic acids is 2. The standard InChI is InChI=1S/C18H25N5O3S/c1-12(2)7-8-19-16(24)10-26-17(25)11-27-18-20-21-22-23(18)15-9-13(3)5-6-14(15)4/h5-6,9,12H,7-8,10-11H2,1-4H3,(H,19,24). The molecule has 1 aromatic carbocycles. The van der Waals surface area contributed by atoms with Gasteiger partial charge in [0.25, 0.3) is 5.91 Å². The number of thioether (sulfide) groups is 1. The predicted octanol–water partition coefficient (Wildman–Crippen LogP) is 2.08. The summed E-state index contributed by atoms with van der Waals surface area (Å²) in [6.45, 7) is 8.41. The van der Waals surface area contributed by atoms with E-state index in [1.165, 1.54) is 11.8 Å². The Balaban J connectivity index is 1.84. The van der Waals surface area contributed by atoms with E-state index in [0.717, 1.165) is 23.2 Å².